The maximum absolute atomic E-state index is 14.6. The van der Waals surface area contributed by atoms with Crippen LogP contribution >= 0.6 is 0 Å². The smallest absolute Gasteiger partial charge is 0.303 e. The standard InChI is InChI=1S/C24H30FNO5Si/c1-31-15-16-5-8-18(9-6-16)24(26-22(28)11-12-23(29)30)20(27)14-17-7-10-21(19(25)13-17)32(2,3)4/h5-10,13,24H,11-12,14-15H2,1-4H3,(H,26,28)(H,29,30)/t24-/m1/s1. The zero-order chi connectivity index (χ0) is 23.9. The lowest BCUT2D eigenvalue weighted by molar-refractivity contribution is -0.139. The molecular weight excluding hydrogens is 429 g/mol. The molecule has 2 N–H and O–H groups in total. The number of carbonyl (C=O) groups excluding carboxylic acids is 2. The molecule has 0 aliphatic heterocycles. The Morgan fingerprint density at radius 3 is 2.19 bits per heavy atom. The number of ether oxygens (including phenoxy) is 1. The molecule has 2 aromatic rings. The Balaban J connectivity index is 2.25. The van der Waals surface area contributed by atoms with Crippen molar-refractivity contribution in [2.75, 3.05) is 7.11 Å². The number of methoxy groups -OCH3 is 1. The van der Waals surface area contributed by atoms with Crippen molar-refractivity contribution in [3.63, 3.8) is 0 Å². The number of halogens is 1. The van der Waals surface area contributed by atoms with Gasteiger partial charge in [0.1, 0.15) is 11.9 Å². The monoisotopic (exact) mass is 459 g/mol. The summed E-state index contributed by atoms with van der Waals surface area (Å²) in [5.41, 5.74) is 2.00. The Kier molecular flexibility index (Phi) is 8.86. The fraction of sp³-hybridized carbons (Fsp3) is 0.375. The molecule has 1 atom stereocenters. The maximum atomic E-state index is 14.6. The summed E-state index contributed by atoms with van der Waals surface area (Å²) in [6.45, 7) is 6.55. The van der Waals surface area contributed by atoms with Crippen LogP contribution in [0.15, 0.2) is 42.5 Å². The first-order valence-corrected chi connectivity index (χ1v) is 13.9. The van der Waals surface area contributed by atoms with Crippen LogP contribution in [-0.4, -0.2) is 37.9 Å². The summed E-state index contributed by atoms with van der Waals surface area (Å²) in [5.74, 6) is -2.26. The molecule has 0 aliphatic carbocycles. The average molecular weight is 460 g/mol. The lowest BCUT2D eigenvalue weighted by Crippen LogP contribution is -2.40. The largest absolute Gasteiger partial charge is 0.481 e. The molecule has 0 spiro atoms. The highest BCUT2D eigenvalue weighted by Crippen LogP contribution is 2.19. The summed E-state index contributed by atoms with van der Waals surface area (Å²) in [6.07, 6.45) is -0.629. The van der Waals surface area contributed by atoms with Gasteiger partial charge in [-0.25, -0.2) is 4.39 Å². The molecule has 2 aromatic carbocycles. The van der Waals surface area contributed by atoms with Crippen LogP contribution in [0.4, 0.5) is 4.39 Å². The fourth-order valence-electron chi connectivity index (χ4n) is 3.36. The number of carboxylic acid groups (broad SMARTS) is 1. The van der Waals surface area contributed by atoms with Gasteiger partial charge in [-0.05, 0) is 27.9 Å². The number of nitrogens with one attached hydrogen (secondary N) is 1. The topological polar surface area (TPSA) is 92.7 Å². The van der Waals surface area contributed by atoms with Gasteiger partial charge in [-0.1, -0.05) is 56.0 Å². The molecule has 0 saturated heterocycles. The second-order valence-corrected chi connectivity index (χ2v) is 13.8. The first kappa shape index (κ1) is 25.4. The molecule has 8 heteroatoms. The second-order valence-electron chi connectivity index (χ2n) is 8.78. The lowest BCUT2D eigenvalue weighted by Gasteiger charge is -2.20. The summed E-state index contributed by atoms with van der Waals surface area (Å²) >= 11 is 0. The first-order chi connectivity index (χ1) is 15.0. The average Bonchev–Trinajstić information content (AvgIpc) is 2.70. The van der Waals surface area contributed by atoms with Crippen molar-refractivity contribution in [1.82, 2.24) is 5.32 Å². The number of ketones is 1. The Morgan fingerprint density at radius 1 is 1.03 bits per heavy atom. The van der Waals surface area contributed by atoms with Gasteiger partial charge in [0.15, 0.2) is 5.78 Å². The van der Waals surface area contributed by atoms with E-state index in [1.165, 1.54) is 6.07 Å². The SMILES string of the molecule is COCc1ccc([C@@H](NC(=O)CCC(=O)O)C(=O)Cc2ccc([Si](C)(C)C)c(F)c2)cc1. The molecule has 32 heavy (non-hydrogen) atoms. The van der Waals surface area contributed by atoms with Gasteiger partial charge in [0.2, 0.25) is 5.91 Å². The van der Waals surface area contributed by atoms with Gasteiger partial charge in [-0.2, -0.15) is 0 Å². The molecule has 0 fully saturated rings. The van der Waals surface area contributed by atoms with E-state index in [1.807, 2.05) is 19.6 Å². The Bertz CT molecular complexity index is 969. The molecule has 0 radical (unpaired) electrons. The molecule has 0 bridgehead atoms. The van der Waals surface area contributed by atoms with E-state index in [0.29, 0.717) is 22.9 Å². The van der Waals surface area contributed by atoms with E-state index in [1.54, 1.807) is 43.5 Å². The van der Waals surface area contributed by atoms with Crippen molar-refractivity contribution in [3.8, 4) is 0 Å². The third-order valence-electron chi connectivity index (χ3n) is 5.04. The summed E-state index contributed by atoms with van der Waals surface area (Å²) in [6, 6.07) is 11.0. The van der Waals surface area contributed by atoms with Gasteiger partial charge in [-0.15, -0.1) is 0 Å². The highest BCUT2D eigenvalue weighted by Gasteiger charge is 2.25. The molecule has 1 amide bonds. The minimum atomic E-state index is -1.84. The van der Waals surface area contributed by atoms with Crippen LogP contribution in [0.2, 0.25) is 19.6 Å². The van der Waals surface area contributed by atoms with Crippen LogP contribution in [0.5, 0.6) is 0 Å². The maximum Gasteiger partial charge on any atom is 0.303 e. The van der Waals surface area contributed by atoms with Crippen LogP contribution in [0.25, 0.3) is 0 Å². The van der Waals surface area contributed by atoms with Gasteiger partial charge in [-0.3, -0.25) is 14.4 Å². The van der Waals surface area contributed by atoms with Crippen LogP contribution in [0.1, 0.15) is 35.6 Å². The summed E-state index contributed by atoms with van der Waals surface area (Å²) in [5, 5.41) is 12.1. The van der Waals surface area contributed by atoms with Crippen molar-refractivity contribution >= 4 is 30.9 Å². The third kappa shape index (κ3) is 7.39. The Labute approximate surface area is 188 Å². The van der Waals surface area contributed by atoms with Gasteiger partial charge in [0.25, 0.3) is 0 Å². The summed E-state index contributed by atoms with van der Waals surface area (Å²) in [4.78, 5) is 36.2. The normalized spacial score (nSPS) is 12.3. The van der Waals surface area contributed by atoms with Crippen LogP contribution < -0.4 is 10.5 Å². The van der Waals surface area contributed by atoms with E-state index in [2.05, 4.69) is 5.32 Å². The van der Waals surface area contributed by atoms with Crippen molar-refractivity contribution in [2.45, 2.75) is 51.6 Å². The predicted octanol–water partition coefficient (Wildman–Crippen LogP) is 3.35. The van der Waals surface area contributed by atoms with Crippen LogP contribution in [0.3, 0.4) is 0 Å². The zero-order valence-electron chi connectivity index (χ0n) is 18.9. The molecule has 6 nitrogen and oxygen atoms in total. The highest BCUT2D eigenvalue weighted by atomic mass is 28.3. The Morgan fingerprint density at radius 2 is 1.66 bits per heavy atom. The molecule has 2 rings (SSSR count). The van der Waals surface area contributed by atoms with Gasteiger partial charge >= 0.3 is 5.97 Å². The number of hydrogen-bond donors (Lipinski definition) is 2. The number of Topliss-reactive ketones (excluding diaryl/α,β-unsaturated/α-hetero) is 1. The van der Waals surface area contributed by atoms with E-state index in [9.17, 15) is 18.8 Å². The molecule has 0 aliphatic rings. The minimum absolute atomic E-state index is 0.0629. The number of amides is 1. The molecular formula is C24H30FNO5Si. The summed E-state index contributed by atoms with van der Waals surface area (Å²) in [7, 11) is -0.264. The summed E-state index contributed by atoms with van der Waals surface area (Å²) < 4.78 is 19.7. The number of carbonyl (C=O) groups is 3. The molecule has 0 aromatic heterocycles. The van der Waals surface area contributed by atoms with E-state index in [-0.39, 0.29) is 30.9 Å². The van der Waals surface area contributed by atoms with E-state index < -0.39 is 26.0 Å². The second kappa shape index (κ2) is 11.1. The van der Waals surface area contributed by atoms with Crippen LogP contribution in [-0.2, 0) is 32.1 Å². The van der Waals surface area contributed by atoms with E-state index in [4.69, 9.17) is 9.84 Å². The number of benzene rings is 2. The number of aliphatic carboxylic acids is 1. The van der Waals surface area contributed by atoms with E-state index in [0.717, 1.165) is 5.56 Å². The molecule has 0 saturated carbocycles. The van der Waals surface area contributed by atoms with E-state index >= 15 is 0 Å². The molecule has 172 valence electrons. The molecule has 0 heterocycles. The highest BCUT2D eigenvalue weighted by molar-refractivity contribution is 6.88. The van der Waals surface area contributed by atoms with Crippen molar-refractivity contribution < 1.29 is 28.6 Å². The van der Waals surface area contributed by atoms with Crippen LogP contribution in [0, 0.1) is 5.82 Å². The quantitative estimate of drug-likeness (QED) is 0.503. The number of carboxylic acids is 1. The van der Waals surface area contributed by atoms with Gasteiger partial charge in [0, 0.05) is 20.0 Å². The number of hydrogen-bond acceptors (Lipinski definition) is 4. The van der Waals surface area contributed by atoms with Gasteiger partial charge in [0.05, 0.1) is 21.1 Å². The number of rotatable bonds is 11. The van der Waals surface area contributed by atoms with Gasteiger partial charge < -0.3 is 15.2 Å². The zero-order valence-corrected chi connectivity index (χ0v) is 19.9. The Hall–Kier alpha value is -2.84. The van der Waals surface area contributed by atoms with Crippen molar-refractivity contribution in [2.24, 2.45) is 0 Å². The predicted molar refractivity (Wildman–Crippen MR) is 123 cm³/mol. The van der Waals surface area contributed by atoms with Crippen molar-refractivity contribution in [3.05, 3.63) is 65.0 Å². The third-order valence-corrected chi connectivity index (χ3v) is 7.06. The fourth-order valence-corrected chi connectivity index (χ4v) is 4.73. The molecule has 0 unspecified atom stereocenters. The minimum Gasteiger partial charge on any atom is -0.481 e. The first-order valence-electron chi connectivity index (χ1n) is 10.4. The van der Waals surface area contributed by atoms with Crippen molar-refractivity contribution in [1.29, 1.82) is 0 Å². The lowest BCUT2D eigenvalue weighted by atomic mass is 9.96.